The van der Waals surface area contributed by atoms with Crippen molar-refractivity contribution in [1.82, 2.24) is 4.90 Å². The van der Waals surface area contributed by atoms with E-state index in [1.807, 2.05) is 0 Å². The second kappa shape index (κ2) is 7.11. The first-order valence-electron chi connectivity index (χ1n) is 6.52. The van der Waals surface area contributed by atoms with Crippen molar-refractivity contribution in [3.8, 4) is 5.75 Å². The summed E-state index contributed by atoms with van der Waals surface area (Å²) in [7, 11) is 0. The zero-order valence-corrected chi connectivity index (χ0v) is 10.9. The van der Waals surface area contributed by atoms with E-state index in [1.165, 1.54) is 0 Å². The number of carboxylic acids is 1. The van der Waals surface area contributed by atoms with Gasteiger partial charge in [0.2, 0.25) is 0 Å². The third-order valence-corrected chi connectivity index (χ3v) is 3.09. The predicted molar refractivity (Wildman–Crippen MR) is 70.8 cm³/mol. The van der Waals surface area contributed by atoms with Crippen molar-refractivity contribution < 1.29 is 19.4 Å². The molecule has 0 atom stereocenters. The minimum Gasteiger partial charge on any atom is -0.494 e. The lowest BCUT2D eigenvalue weighted by atomic mass is 10.2. The lowest BCUT2D eigenvalue weighted by molar-refractivity contribution is 0.0358. The van der Waals surface area contributed by atoms with Gasteiger partial charge in [-0.3, -0.25) is 4.90 Å². The molecule has 1 aromatic carbocycles. The van der Waals surface area contributed by atoms with Crippen LogP contribution < -0.4 is 4.74 Å². The number of aromatic carboxylic acids is 1. The molecule has 1 aromatic rings. The summed E-state index contributed by atoms with van der Waals surface area (Å²) in [6, 6.07) is 6.50. The van der Waals surface area contributed by atoms with Crippen LogP contribution in [0.3, 0.4) is 0 Å². The van der Waals surface area contributed by atoms with E-state index in [0.29, 0.717) is 12.4 Å². The van der Waals surface area contributed by atoms with Crippen LogP contribution in [0.15, 0.2) is 24.3 Å². The van der Waals surface area contributed by atoms with Crippen LogP contribution in [0.5, 0.6) is 5.75 Å². The minimum atomic E-state index is -0.918. The average Bonchev–Trinajstić information content (AvgIpc) is 2.45. The van der Waals surface area contributed by atoms with Crippen LogP contribution in [-0.4, -0.2) is 55.4 Å². The van der Waals surface area contributed by atoms with Crippen molar-refractivity contribution in [3.63, 3.8) is 0 Å². The predicted octanol–water partition coefficient (Wildman–Crippen LogP) is 1.49. The number of benzene rings is 1. The Morgan fingerprint density at radius 3 is 2.58 bits per heavy atom. The molecule has 1 aliphatic rings. The molecule has 1 fully saturated rings. The van der Waals surface area contributed by atoms with E-state index in [-0.39, 0.29) is 5.56 Å². The number of rotatable bonds is 6. The molecular weight excluding hydrogens is 246 g/mol. The molecule has 0 unspecified atom stereocenters. The number of carbonyl (C=O) groups is 1. The maximum atomic E-state index is 10.7. The minimum absolute atomic E-state index is 0.278. The van der Waals surface area contributed by atoms with Gasteiger partial charge in [-0.15, -0.1) is 0 Å². The highest BCUT2D eigenvalue weighted by molar-refractivity contribution is 5.87. The van der Waals surface area contributed by atoms with Gasteiger partial charge in [-0.25, -0.2) is 4.79 Å². The summed E-state index contributed by atoms with van der Waals surface area (Å²) >= 11 is 0. The standard InChI is InChI=1S/C14H19NO4/c16-14(17)12-2-4-13(5-3-12)19-9-1-6-15-7-10-18-11-8-15/h2-5H,1,6-11H2,(H,16,17). The maximum Gasteiger partial charge on any atom is 0.335 e. The van der Waals surface area contributed by atoms with Gasteiger partial charge in [-0.05, 0) is 30.7 Å². The third-order valence-electron chi connectivity index (χ3n) is 3.09. The normalized spacial score (nSPS) is 16.2. The summed E-state index contributed by atoms with van der Waals surface area (Å²) in [5.74, 6) is -0.203. The second-order valence-corrected chi connectivity index (χ2v) is 4.49. The van der Waals surface area contributed by atoms with Crippen molar-refractivity contribution >= 4 is 5.97 Å². The average molecular weight is 265 g/mol. The fourth-order valence-electron chi connectivity index (χ4n) is 2.00. The third kappa shape index (κ3) is 4.54. The largest absolute Gasteiger partial charge is 0.494 e. The Morgan fingerprint density at radius 1 is 1.26 bits per heavy atom. The monoisotopic (exact) mass is 265 g/mol. The van der Waals surface area contributed by atoms with E-state index in [2.05, 4.69) is 4.90 Å². The van der Waals surface area contributed by atoms with E-state index in [0.717, 1.165) is 39.3 Å². The summed E-state index contributed by atoms with van der Waals surface area (Å²) in [6.07, 6.45) is 0.959. The molecule has 5 nitrogen and oxygen atoms in total. The Bertz CT molecular complexity index is 398. The Morgan fingerprint density at radius 2 is 1.95 bits per heavy atom. The number of hydrogen-bond acceptors (Lipinski definition) is 4. The van der Waals surface area contributed by atoms with Crippen LogP contribution >= 0.6 is 0 Å². The maximum absolute atomic E-state index is 10.7. The number of morpholine rings is 1. The molecule has 0 aromatic heterocycles. The Balaban J connectivity index is 1.66. The summed E-state index contributed by atoms with van der Waals surface area (Å²) in [6.45, 7) is 5.27. The Hall–Kier alpha value is -1.59. The Labute approximate surface area is 112 Å². The zero-order chi connectivity index (χ0) is 13.5. The van der Waals surface area contributed by atoms with Crippen LogP contribution in [0, 0.1) is 0 Å². The van der Waals surface area contributed by atoms with Crippen LogP contribution in [0.4, 0.5) is 0 Å². The second-order valence-electron chi connectivity index (χ2n) is 4.49. The fraction of sp³-hybridized carbons (Fsp3) is 0.500. The first-order valence-corrected chi connectivity index (χ1v) is 6.52. The first-order chi connectivity index (χ1) is 9.25. The summed E-state index contributed by atoms with van der Waals surface area (Å²) in [5, 5.41) is 8.78. The van der Waals surface area contributed by atoms with Gasteiger partial charge in [0.05, 0.1) is 25.4 Å². The molecule has 1 aliphatic heterocycles. The van der Waals surface area contributed by atoms with E-state index >= 15 is 0 Å². The van der Waals surface area contributed by atoms with Crippen molar-refractivity contribution in [3.05, 3.63) is 29.8 Å². The molecule has 2 rings (SSSR count). The van der Waals surface area contributed by atoms with E-state index in [4.69, 9.17) is 14.6 Å². The summed E-state index contributed by atoms with van der Waals surface area (Å²) in [5.41, 5.74) is 0.278. The Kier molecular flexibility index (Phi) is 5.18. The molecule has 1 saturated heterocycles. The highest BCUT2D eigenvalue weighted by atomic mass is 16.5. The van der Waals surface area contributed by atoms with E-state index in [1.54, 1.807) is 24.3 Å². The molecule has 19 heavy (non-hydrogen) atoms. The highest BCUT2D eigenvalue weighted by Gasteiger charge is 2.09. The number of carboxylic acid groups (broad SMARTS) is 1. The van der Waals surface area contributed by atoms with Gasteiger partial charge < -0.3 is 14.6 Å². The molecular formula is C14H19NO4. The first kappa shape index (κ1) is 13.8. The zero-order valence-electron chi connectivity index (χ0n) is 10.9. The van der Waals surface area contributed by atoms with Gasteiger partial charge in [0.25, 0.3) is 0 Å². The van der Waals surface area contributed by atoms with Crippen molar-refractivity contribution in [2.45, 2.75) is 6.42 Å². The van der Waals surface area contributed by atoms with Gasteiger partial charge in [0, 0.05) is 19.6 Å². The van der Waals surface area contributed by atoms with Gasteiger partial charge in [0.1, 0.15) is 5.75 Å². The molecule has 1 N–H and O–H groups in total. The van der Waals surface area contributed by atoms with E-state index < -0.39 is 5.97 Å². The highest BCUT2D eigenvalue weighted by Crippen LogP contribution is 2.12. The lowest BCUT2D eigenvalue weighted by Gasteiger charge is -2.26. The smallest absolute Gasteiger partial charge is 0.335 e. The summed E-state index contributed by atoms with van der Waals surface area (Å²) in [4.78, 5) is 13.1. The van der Waals surface area contributed by atoms with Crippen LogP contribution in [0.2, 0.25) is 0 Å². The molecule has 0 bridgehead atoms. The molecule has 0 aliphatic carbocycles. The lowest BCUT2D eigenvalue weighted by Crippen LogP contribution is -2.37. The molecule has 5 heteroatoms. The van der Waals surface area contributed by atoms with Crippen molar-refractivity contribution in [2.75, 3.05) is 39.5 Å². The van der Waals surface area contributed by atoms with Crippen LogP contribution in [-0.2, 0) is 4.74 Å². The molecule has 0 amide bonds. The topological polar surface area (TPSA) is 59.0 Å². The van der Waals surface area contributed by atoms with Gasteiger partial charge in [0.15, 0.2) is 0 Å². The number of ether oxygens (including phenoxy) is 2. The molecule has 0 saturated carbocycles. The van der Waals surface area contributed by atoms with Crippen LogP contribution in [0.1, 0.15) is 16.8 Å². The van der Waals surface area contributed by atoms with E-state index in [9.17, 15) is 4.79 Å². The molecule has 0 spiro atoms. The van der Waals surface area contributed by atoms with Gasteiger partial charge in [-0.1, -0.05) is 0 Å². The molecule has 0 radical (unpaired) electrons. The summed E-state index contributed by atoms with van der Waals surface area (Å²) < 4.78 is 10.9. The quantitative estimate of drug-likeness (QED) is 0.790. The van der Waals surface area contributed by atoms with Crippen LogP contribution in [0.25, 0.3) is 0 Å². The van der Waals surface area contributed by atoms with Gasteiger partial charge >= 0.3 is 5.97 Å². The SMILES string of the molecule is O=C(O)c1ccc(OCCCN2CCOCC2)cc1. The van der Waals surface area contributed by atoms with Gasteiger partial charge in [-0.2, -0.15) is 0 Å². The number of nitrogens with zero attached hydrogens (tertiary/aromatic N) is 1. The molecule has 104 valence electrons. The van der Waals surface area contributed by atoms with Crippen molar-refractivity contribution in [2.24, 2.45) is 0 Å². The number of hydrogen-bond donors (Lipinski definition) is 1. The molecule has 1 heterocycles. The fourth-order valence-corrected chi connectivity index (χ4v) is 2.00. The van der Waals surface area contributed by atoms with Crippen molar-refractivity contribution in [1.29, 1.82) is 0 Å².